The second-order valence-electron chi connectivity index (χ2n) is 7.93. The van der Waals surface area contributed by atoms with E-state index in [4.69, 9.17) is 0 Å². The van der Waals surface area contributed by atoms with Gasteiger partial charge in [0.1, 0.15) is 11.9 Å². The van der Waals surface area contributed by atoms with E-state index in [1.165, 1.54) is 23.9 Å². The van der Waals surface area contributed by atoms with E-state index in [1.807, 2.05) is 24.3 Å². The summed E-state index contributed by atoms with van der Waals surface area (Å²) in [6.45, 7) is 2.04. The lowest BCUT2D eigenvalue weighted by molar-refractivity contribution is -0.138. The van der Waals surface area contributed by atoms with Gasteiger partial charge in [-0.1, -0.05) is 53.0 Å². The van der Waals surface area contributed by atoms with Crippen LogP contribution < -0.4 is 5.32 Å². The fraction of sp³-hybridized carbons (Fsp3) is 0.417. The molecule has 0 aliphatic heterocycles. The Morgan fingerprint density at radius 3 is 2.35 bits per heavy atom. The second kappa shape index (κ2) is 11.7. The number of carbonyl (C=O) groups is 2. The molecule has 1 aliphatic carbocycles. The molecule has 7 heteroatoms. The molecule has 31 heavy (non-hydrogen) atoms. The third kappa shape index (κ3) is 7.35. The highest BCUT2D eigenvalue weighted by atomic mass is 79.9. The van der Waals surface area contributed by atoms with Gasteiger partial charge in [-0.2, -0.15) is 0 Å². The minimum absolute atomic E-state index is 0.0968. The SMILES string of the molecule is CC(C(=O)NC1CCCC1)N(Cc1ccc(F)cc1)C(=O)CSCc1ccc(Br)cc1. The molecule has 0 bridgehead atoms. The van der Waals surface area contributed by atoms with E-state index < -0.39 is 6.04 Å². The van der Waals surface area contributed by atoms with Gasteiger partial charge in [-0.25, -0.2) is 4.39 Å². The molecule has 4 nitrogen and oxygen atoms in total. The smallest absolute Gasteiger partial charge is 0.242 e. The van der Waals surface area contributed by atoms with Gasteiger partial charge in [0.25, 0.3) is 0 Å². The number of nitrogens with zero attached hydrogens (tertiary/aromatic N) is 1. The highest BCUT2D eigenvalue weighted by molar-refractivity contribution is 9.10. The number of benzene rings is 2. The van der Waals surface area contributed by atoms with Crippen molar-refractivity contribution in [3.05, 3.63) is 69.9 Å². The summed E-state index contributed by atoms with van der Waals surface area (Å²) < 4.78 is 14.3. The molecule has 0 saturated heterocycles. The monoisotopic (exact) mass is 506 g/mol. The number of amides is 2. The second-order valence-corrected chi connectivity index (χ2v) is 9.83. The van der Waals surface area contributed by atoms with Gasteiger partial charge < -0.3 is 10.2 Å². The van der Waals surface area contributed by atoms with Crippen LogP contribution in [0.2, 0.25) is 0 Å². The summed E-state index contributed by atoms with van der Waals surface area (Å²) in [6, 6.07) is 13.7. The lowest BCUT2D eigenvalue weighted by Gasteiger charge is -2.29. The number of carbonyl (C=O) groups excluding carboxylic acids is 2. The molecule has 0 spiro atoms. The van der Waals surface area contributed by atoms with Gasteiger partial charge in [0.2, 0.25) is 11.8 Å². The summed E-state index contributed by atoms with van der Waals surface area (Å²) >= 11 is 4.95. The van der Waals surface area contributed by atoms with Crippen molar-refractivity contribution in [2.24, 2.45) is 0 Å². The van der Waals surface area contributed by atoms with Crippen LogP contribution in [0.4, 0.5) is 4.39 Å². The van der Waals surface area contributed by atoms with E-state index in [2.05, 4.69) is 21.2 Å². The Labute approximate surface area is 196 Å². The normalized spacial score (nSPS) is 14.9. The molecule has 1 fully saturated rings. The highest BCUT2D eigenvalue weighted by Crippen LogP contribution is 2.20. The van der Waals surface area contributed by atoms with Crippen molar-refractivity contribution in [1.82, 2.24) is 10.2 Å². The maximum absolute atomic E-state index is 13.3. The van der Waals surface area contributed by atoms with Crippen molar-refractivity contribution < 1.29 is 14.0 Å². The molecule has 1 atom stereocenters. The highest BCUT2D eigenvalue weighted by Gasteiger charge is 2.28. The predicted molar refractivity (Wildman–Crippen MR) is 127 cm³/mol. The van der Waals surface area contributed by atoms with E-state index in [1.54, 1.807) is 24.0 Å². The molecule has 0 radical (unpaired) electrons. The standard InChI is InChI=1S/C24H28BrFN2O2S/c1-17(24(30)27-22-4-2-3-5-22)28(14-18-8-12-21(26)13-9-18)23(29)16-31-15-19-6-10-20(25)11-7-19/h6-13,17,22H,2-5,14-16H2,1H3,(H,27,30). The van der Waals surface area contributed by atoms with Gasteiger partial charge in [-0.05, 0) is 55.2 Å². The molecule has 1 aliphatic rings. The molecule has 2 aromatic carbocycles. The van der Waals surface area contributed by atoms with Gasteiger partial charge >= 0.3 is 0 Å². The average molecular weight is 507 g/mol. The first-order valence-corrected chi connectivity index (χ1v) is 12.5. The maximum Gasteiger partial charge on any atom is 0.242 e. The van der Waals surface area contributed by atoms with Crippen LogP contribution in [0.1, 0.15) is 43.7 Å². The summed E-state index contributed by atoms with van der Waals surface area (Å²) in [5.74, 6) is 0.448. The lowest BCUT2D eigenvalue weighted by Crippen LogP contribution is -2.50. The van der Waals surface area contributed by atoms with Crippen LogP contribution in [-0.2, 0) is 21.9 Å². The van der Waals surface area contributed by atoms with Gasteiger partial charge in [-0.3, -0.25) is 9.59 Å². The number of nitrogens with one attached hydrogen (secondary N) is 1. The molecule has 1 unspecified atom stereocenters. The fourth-order valence-corrected chi connectivity index (χ4v) is 4.82. The van der Waals surface area contributed by atoms with Crippen molar-refractivity contribution in [2.75, 3.05) is 5.75 Å². The zero-order chi connectivity index (χ0) is 22.2. The van der Waals surface area contributed by atoms with Crippen LogP contribution in [0.15, 0.2) is 53.0 Å². The molecular weight excluding hydrogens is 479 g/mol. The Morgan fingerprint density at radius 1 is 1.10 bits per heavy atom. The lowest BCUT2D eigenvalue weighted by atomic mass is 10.1. The zero-order valence-electron chi connectivity index (χ0n) is 17.7. The van der Waals surface area contributed by atoms with E-state index in [-0.39, 0.29) is 36.0 Å². The number of rotatable bonds is 9. The minimum Gasteiger partial charge on any atom is -0.352 e. The largest absolute Gasteiger partial charge is 0.352 e. The van der Waals surface area contributed by atoms with Gasteiger partial charge in [-0.15, -0.1) is 11.8 Å². The Morgan fingerprint density at radius 2 is 1.71 bits per heavy atom. The quantitative estimate of drug-likeness (QED) is 0.502. The number of hydrogen-bond donors (Lipinski definition) is 1. The molecule has 1 saturated carbocycles. The first-order valence-electron chi connectivity index (χ1n) is 10.6. The molecule has 0 aromatic heterocycles. The topological polar surface area (TPSA) is 49.4 Å². The van der Waals surface area contributed by atoms with Gasteiger partial charge in [0.05, 0.1) is 5.75 Å². The summed E-state index contributed by atoms with van der Waals surface area (Å²) in [5.41, 5.74) is 1.94. The van der Waals surface area contributed by atoms with Crippen LogP contribution in [0.5, 0.6) is 0 Å². The minimum atomic E-state index is -0.591. The van der Waals surface area contributed by atoms with Crippen molar-refractivity contribution in [1.29, 1.82) is 0 Å². The average Bonchev–Trinajstić information content (AvgIpc) is 3.27. The summed E-state index contributed by atoms with van der Waals surface area (Å²) in [7, 11) is 0. The Kier molecular flexibility index (Phi) is 8.96. The molecule has 0 heterocycles. The van der Waals surface area contributed by atoms with Crippen LogP contribution in [0, 0.1) is 5.82 Å². The number of halogens is 2. The van der Waals surface area contributed by atoms with Gasteiger partial charge in [0.15, 0.2) is 0 Å². The summed E-state index contributed by atoms with van der Waals surface area (Å²) in [4.78, 5) is 27.5. The van der Waals surface area contributed by atoms with Crippen LogP contribution in [0.3, 0.4) is 0 Å². The Balaban J connectivity index is 1.64. The first kappa shape index (κ1) is 23.8. The fourth-order valence-electron chi connectivity index (χ4n) is 3.68. The van der Waals surface area contributed by atoms with E-state index in [0.717, 1.165) is 41.3 Å². The molecule has 3 rings (SSSR count). The Hall–Kier alpha value is -1.86. The van der Waals surface area contributed by atoms with Crippen molar-refractivity contribution in [3.8, 4) is 0 Å². The first-order chi connectivity index (χ1) is 14.9. The van der Waals surface area contributed by atoms with Crippen molar-refractivity contribution in [2.45, 2.75) is 57.0 Å². The number of thioether (sulfide) groups is 1. The third-order valence-electron chi connectivity index (χ3n) is 5.54. The van der Waals surface area contributed by atoms with E-state index >= 15 is 0 Å². The summed E-state index contributed by atoms with van der Waals surface area (Å²) in [5, 5.41) is 3.09. The predicted octanol–water partition coefficient (Wildman–Crippen LogP) is 5.30. The number of hydrogen-bond acceptors (Lipinski definition) is 3. The molecule has 2 aromatic rings. The zero-order valence-corrected chi connectivity index (χ0v) is 20.1. The molecular formula is C24H28BrFN2O2S. The maximum atomic E-state index is 13.3. The van der Waals surface area contributed by atoms with Crippen molar-refractivity contribution in [3.63, 3.8) is 0 Å². The molecule has 2 amide bonds. The van der Waals surface area contributed by atoms with E-state index in [9.17, 15) is 14.0 Å². The molecule has 1 N–H and O–H groups in total. The van der Waals surface area contributed by atoms with Crippen LogP contribution in [-0.4, -0.2) is 34.6 Å². The Bertz CT molecular complexity index is 870. The summed E-state index contributed by atoms with van der Waals surface area (Å²) in [6.07, 6.45) is 4.25. The van der Waals surface area contributed by atoms with Gasteiger partial charge in [0, 0.05) is 22.8 Å². The van der Waals surface area contributed by atoms with Crippen LogP contribution >= 0.6 is 27.7 Å². The van der Waals surface area contributed by atoms with E-state index in [0.29, 0.717) is 5.75 Å². The third-order valence-corrected chi connectivity index (χ3v) is 7.06. The molecule has 166 valence electrons. The van der Waals surface area contributed by atoms with Crippen molar-refractivity contribution >= 4 is 39.5 Å². The van der Waals surface area contributed by atoms with Crippen LogP contribution in [0.25, 0.3) is 0 Å².